The molecule has 2 fully saturated rings. The topological polar surface area (TPSA) is 113 Å². The summed E-state index contributed by atoms with van der Waals surface area (Å²) in [5.41, 5.74) is -1.66. The molecule has 0 aliphatic heterocycles. The third-order valence-corrected chi connectivity index (χ3v) is 9.90. The van der Waals surface area contributed by atoms with Gasteiger partial charge in [0, 0.05) is 23.4 Å². The molecular weight excluding hydrogens is 535 g/mol. The van der Waals surface area contributed by atoms with Crippen LogP contribution in [0.5, 0.6) is 0 Å². The second-order valence-corrected chi connectivity index (χ2v) is 12.4. The number of nitrogens with one attached hydrogen (secondary N) is 1. The van der Waals surface area contributed by atoms with E-state index in [1.165, 1.54) is 12.1 Å². The van der Waals surface area contributed by atoms with E-state index in [9.17, 15) is 36.6 Å². The number of fused-ring (bicyclic) bond motifs is 2. The molecule has 3 N–H and O–H groups in total. The van der Waals surface area contributed by atoms with Crippen LogP contribution in [0.4, 0.5) is 18.9 Å². The van der Waals surface area contributed by atoms with Crippen LogP contribution in [0, 0.1) is 29.3 Å². The molecule has 0 saturated heterocycles. The molecule has 0 heterocycles. The van der Waals surface area contributed by atoms with Crippen molar-refractivity contribution in [2.45, 2.75) is 54.5 Å². The number of ether oxygens (including phenoxy) is 1. The van der Waals surface area contributed by atoms with Gasteiger partial charge in [-0.2, -0.15) is 0 Å². The molecule has 4 rings (SSSR count). The third kappa shape index (κ3) is 5.51. The second kappa shape index (κ2) is 10.5. The van der Waals surface area contributed by atoms with Gasteiger partial charge in [0.25, 0.3) is 5.91 Å². The fourth-order valence-corrected chi connectivity index (χ4v) is 7.77. The Bertz CT molecular complexity index is 1270. The fourth-order valence-electron chi connectivity index (χ4n) is 5.37. The zero-order chi connectivity index (χ0) is 27.1. The first kappa shape index (κ1) is 27.8. The lowest BCUT2D eigenvalue weighted by atomic mass is 9.75. The van der Waals surface area contributed by atoms with Gasteiger partial charge in [0.05, 0.1) is 40.1 Å². The Labute approximate surface area is 217 Å². The minimum Gasteiger partial charge on any atom is -0.391 e. The standard InChI is InChI=1S/C25H27ClF3NO6S/c1-13(31)11-36-12-25(33)15-3-4-16(25)8-18(7-15)37(34,35)22-6-14(2-5-19(22)26)24(32)30-17-9-20(27)23(29)21(28)10-17/h2,5-6,9-10,13,15-16,18,31,33H,3-4,7-8,11-12H2,1H3,(H,30,32)/t13-,15-,16?,18-,25-/m0/s1. The van der Waals surface area contributed by atoms with E-state index in [1.807, 2.05) is 0 Å². The number of carbonyl (C=O) groups excluding carboxylic acids is 1. The Balaban J connectivity index is 1.53. The molecule has 0 radical (unpaired) electrons. The second-order valence-electron chi connectivity index (χ2n) is 9.82. The first-order chi connectivity index (χ1) is 17.3. The molecule has 0 aromatic heterocycles. The van der Waals surface area contributed by atoms with E-state index in [2.05, 4.69) is 5.32 Å². The number of carbonyl (C=O) groups is 1. The molecule has 2 bridgehead atoms. The summed E-state index contributed by atoms with van der Waals surface area (Å²) < 4.78 is 72.9. The van der Waals surface area contributed by atoms with Crippen LogP contribution in [0.15, 0.2) is 35.2 Å². The van der Waals surface area contributed by atoms with E-state index in [1.54, 1.807) is 6.92 Å². The fraction of sp³-hybridized carbons (Fsp3) is 0.480. The van der Waals surface area contributed by atoms with Crippen molar-refractivity contribution in [2.75, 3.05) is 18.5 Å². The van der Waals surface area contributed by atoms with Crippen LogP contribution >= 0.6 is 11.6 Å². The average Bonchev–Trinajstić information content (AvgIpc) is 2.98. The normalized spacial score (nSPS) is 26.2. The zero-order valence-corrected chi connectivity index (χ0v) is 21.5. The summed E-state index contributed by atoms with van der Waals surface area (Å²) in [6, 6.07) is 4.81. The van der Waals surface area contributed by atoms with Crippen LogP contribution in [0.1, 0.15) is 43.0 Å². The Morgan fingerprint density at radius 2 is 1.76 bits per heavy atom. The van der Waals surface area contributed by atoms with E-state index in [4.69, 9.17) is 16.3 Å². The number of hydrogen-bond acceptors (Lipinski definition) is 6. The van der Waals surface area contributed by atoms with Crippen LogP contribution in [-0.4, -0.2) is 54.7 Å². The Hall–Kier alpha value is -2.18. The smallest absolute Gasteiger partial charge is 0.255 e. The average molecular weight is 562 g/mol. The van der Waals surface area contributed by atoms with Crippen LogP contribution in [-0.2, 0) is 14.6 Å². The number of amides is 1. The molecule has 12 heteroatoms. The number of sulfone groups is 1. The van der Waals surface area contributed by atoms with Gasteiger partial charge in [0.1, 0.15) is 0 Å². The molecule has 2 saturated carbocycles. The summed E-state index contributed by atoms with van der Waals surface area (Å²) >= 11 is 6.22. The largest absolute Gasteiger partial charge is 0.391 e. The van der Waals surface area contributed by atoms with Crippen molar-refractivity contribution in [3.8, 4) is 0 Å². The molecule has 2 aliphatic rings. The molecular formula is C25H27ClF3NO6S. The quantitative estimate of drug-likeness (QED) is 0.418. The summed E-state index contributed by atoms with van der Waals surface area (Å²) in [5, 5.41) is 21.9. The van der Waals surface area contributed by atoms with E-state index in [0.717, 1.165) is 6.07 Å². The summed E-state index contributed by atoms with van der Waals surface area (Å²) in [6.07, 6.45) is 0.923. The van der Waals surface area contributed by atoms with Crippen molar-refractivity contribution in [1.29, 1.82) is 0 Å². The van der Waals surface area contributed by atoms with Crippen LogP contribution in [0.25, 0.3) is 0 Å². The number of benzene rings is 2. The Morgan fingerprint density at radius 3 is 2.32 bits per heavy atom. The summed E-state index contributed by atoms with van der Waals surface area (Å²) in [7, 11) is -4.02. The monoisotopic (exact) mass is 561 g/mol. The van der Waals surface area contributed by atoms with Gasteiger partial charge in [-0.15, -0.1) is 0 Å². The van der Waals surface area contributed by atoms with Gasteiger partial charge in [-0.25, -0.2) is 21.6 Å². The Kier molecular flexibility index (Phi) is 7.92. The summed E-state index contributed by atoms with van der Waals surface area (Å²) in [5.74, 6) is -6.18. The molecule has 7 nitrogen and oxygen atoms in total. The highest BCUT2D eigenvalue weighted by atomic mass is 35.5. The van der Waals surface area contributed by atoms with Gasteiger partial charge in [-0.1, -0.05) is 11.6 Å². The molecule has 5 atom stereocenters. The predicted molar refractivity (Wildman–Crippen MR) is 130 cm³/mol. The highest BCUT2D eigenvalue weighted by molar-refractivity contribution is 7.92. The molecule has 1 amide bonds. The molecule has 2 aliphatic carbocycles. The van der Waals surface area contributed by atoms with Crippen molar-refractivity contribution in [3.05, 3.63) is 58.4 Å². The third-order valence-electron chi connectivity index (χ3n) is 7.25. The lowest BCUT2D eigenvalue weighted by Crippen LogP contribution is -2.51. The molecule has 1 unspecified atom stereocenters. The van der Waals surface area contributed by atoms with Crippen molar-refractivity contribution in [2.24, 2.45) is 11.8 Å². The number of halogens is 4. The first-order valence-electron chi connectivity index (χ1n) is 11.8. The molecule has 2 aromatic rings. The SMILES string of the molecule is C[C@H](O)COC[C@@]1(O)C2CC[C@H]1C[C@H](S(=O)(=O)c1cc(C(=O)Nc3cc(F)c(F)c(F)c3)ccc1Cl)C2. The maximum absolute atomic E-state index is 13.6. The minimum absolute atomic E-state index is 0.000980. The lowest BCUT2D eigenvalue weighted by Gasteiger charge is -2.42. The molecule has 2 aromatic carbocycles. The van der Waals surface area contributed by atoms with E-state index < -0.39 is 50.2 Å². The zero-order valence-electron chi connectivity index (χ0n) is 19.9. The van der Waals surface area contributed by atoms with Gasteiger partial charge in [0.2, 0.25) is 0 Å². The van der Waals surface area contributed by atoms with Crippen molar-refractivity contribution in [3.63, 3.8) is 0 Å². The van der Waals surface area contributed by atoms with Gasteiger partial charge in [-0.3, -0.25) is 4.79 Å². The molecule has 202 valence electrons. The van der Waals surface area contributed by atoms with Gasteiger partial charge in [0.15, 0.2) is 27.3 Å². The van der Waals surface area contributed by atoms with Crippen LogP contribution < -0.4 is 5.32 Å². The number of anilines is 1. The number of aliphatic hydroxyl groups excluding tert-OH is 1. The maximum atomic E-state index is 13.6. The van der Waals surface area contributed by atoms with Crippen molar-refractivity contribution in [1.82, 2.24) is 0 Å². The minimum atomic E-state index is -4.02. The van der Waals surface area contributed by atoms with Crippen LogP contribution in [0.3, 0.4) is 0 Å². The molecule has 37 heavy (non-hydrogen) atoms. The molecule has 0 spiro atoms. The predicted octanol–water partition coefficient (Wildman–Crippen LogP) is 4.10. The Morgan fingerprint density at radius 1 is 1.16 bits per heavy atom. The van der Waals surface area contributed by atoms with E-state index >= 15 is 0 Å². The highest BCUT2D eigenvalue weighted by Gasteiger charge is 2.55. The van der Waals surface area contributed by atoms with E-state index in [-0.39, 0.29) is 59.1 Å². The summed E-state index contributed by atoms with van der Waals surface area (Å²) in [6.45, 7) is 1.63. The van der Waals surface area contributed by atoms with Crippen molar-refractivity contribution < 1.29 is 41.3 Å². The number of hydrogen-bond donors (Lipinski definition) is 3. The first-order valence-corrected chi connectivity index (χ1v) is 13.7. The highest BCUT2D eigenvalue weighted by Crippen LogP contribution is 2.52. The van der Waals surface area contributed by atoms with Crippen molar-refractivity contribution >= 4 is 33.0 Å². The summed E-state index contributed by atoms with van der Waals surface area (Å²) in [4.78, 5) is 12.4. The van der Waals surface area contributed by atoms with E-state index in [0.29, 0.717) is 25.0 Å². The number of rotatable bonds is 8. The van der Waals surface area contributed by atoms with Gasteiger partial charge >= 0.3 is 0 Å². The maximum Gasteiger partial charge on any atom is 0.255 e. The number of aliphatic hydroxyl groups is 2. The lowest BCUT2D eigenvalue weighted by molar-refractivity contribution is -0.121. The van der Waals surface area contributed by atoms with Gasteiger partial charge < -0.3 is 20.3 Å². The van der Waals surface area contributed by atoms with Gasteiger partial charge in [-0.05, 0) is 62.6 Å². The van der Waals surface area contributed by atoms with Crippen LogP contribution in [0.2, 0.25) is 5.02 Å².